The van der Waals surface area contributed by atoms with Crippen LogP contribution in [0.5, 0.6) is 11.5 Å². The third-order valence-electron chi connectivity index (χ3n) is 3.33. The zero-order valence-electron chi connectivity index (χ0n) is 12.4. The molecule has 6 heteroatoms. The summed E-state index contributed by atoms with van der Waals surface area (Å²) in [5.41, 5.74) is 1.25. The monoisotopic (exact) mass is 290 g/mol. The van der Waals surface area contributed by atoms with Crippen LogP contribution in [0, 0.1) is 0 Å². The smallest absolute Gasteiger partial charge is 0.356 e. The van der Waals surface area contributed by atoms with Crippen molar-refractivity contribution in [3.8, 4) is 22.8 Å². The van der Waals surface area contributed by atoms with Crippen molar-refractivity contribution in [1.82, 2.24) is 9.78 Å². The lowest BCUT2D eigenvalue weighted by Gasteiger charge is -2.21. The molecule has 0 saturated carbocycles. The van der Waals surface area contributed by atoms with E-state index in [0.29, 0.717) is 11.3 Å². The van der Waals surface area contributed by atoms with Crippen molar-refractivity contribution in [2.75, 3.05) is 0 Å². The number of phenolic OH excluding ortho intramolecular Hbond substituents is 2. The number of hydrogen-bond acceptors (Lipinski definition) is 4. The van der Waals surface area contributed by atoms with Crippen molar-refractivity contribution in [2.24, 2.45) is 7.05 Å². The lowest BCUT2D eigenvalue weighted by molar-refractivity contribution is 0.0689. The topological polar surface area (TPSA) is 95.6 Å². The van der Waals surface area contributed by atoms with Gasteiger partial charge in [0.1, 0.15) is 0 Å². The van der Waals surface area contributed by atoms with Crippen LogP contribution >= 0.6 is 0 Å². The summed E-state index contributed by atoms with van der Waals surface area (Å²) in [6.45, 7) is 5.94. The average molecular weight is 290 g/mol. The minimum atomic E-state index is -1.15. The first-order valence-corrected chi connectivity index (χ1v) is 6.45. The van der Waals surface area contributed by atoms with Crippen LogP contribution in [0.1, 0.15) is 36.8 Å². The average Bonchev–Trinajstić information content (AvgIpc) is 2.73. The number of phenols is 2. The fourth-order valence-corrected chi connectivity index (χ4v) is 2.07. The lowest BCUT2D eigenvalue weighted by Crippen LogP contribution is -2.11. The molecule has 3 N–H and O–H groups in total. The van der Waals surface area contributed by atoms with Gasteiger partial charge >= 0.3 is 5.97 Å². The fraction of sp³-hybridized carbons (Fsp3) is 0.333. The van der Waals surface area contributed by atoms with E-state index < -0.39 is 5.97 Å². The van der Waals surface area contributed by atoms with Crippen molar-refractivity contribution in [2.45, 2.75) is 26.2 Å². The zero-order chi connectivity index (χ0) is 15.9. The van der Waals surface area contributed by atoms with E-state index in [0.717, 1.165) is 5.56 Å². The fourth-order valence-electron chi connectivity index (χ4n) is 2.07. The number of carboxylic acid groups (broad SMARTS) is 1. The van der Waals surface area contributed by atoms with Crippen molar-refractivity contribution >= 4 is 5.97 Å². The van der Waals surface area contributed by atoms with Gasteiger partial charge in [-0.25, -0.2) is 4.79 Å². The Morgan fingerprint density at radius 2 is 1.81 bits per heavy atom. The summed E-state index contributed by atoms with van der Waals surface area (Å²) in [6, 6.07) is 4.61. The number of aryl methyl sites for hydroxylation is 1. The van der Waals surface area contributed by atoms with Gasteiger partial charge in [-0.2, -0.15) is 5.10 Å². The van der Waals surface area contributed by atoms with Crippen LogP contribution in [-0.2, 0) is 12.5 Å². The number of carbonyl (C=O) groups is 1. The Balaban J connectivity index is 2.69. The van der Waals surface area contributed by atoms with Crippen molar-refractivity contribution in [3.63, 3.8) is 0 Å². The van der Waals surface area contributed by atoms with Gasteiger partial charge in [-0.05, 0) is 29.2 Å². The summed E-state index contributed by atoms with van der Waals surface area (Å²) in [6.07, 6.45) is 0. The molecule has 1 aromatic heterocycles. The maximum absolute atomic E-state index is 11.0. The first kappa shape index (κ1) is 14.9. The highest BCUT2D eigenvalue weighted by Gasteiger charge is 2.22. The summed E-state index contributed by atoms with van der Waals surface area (Å²) in [5, 5.41) is 32.9. The molecular formula is C15H18N2O4. The zero-order valence-corrected chi connectivity index (χ0v) is 12.4. The van der Waals surface area contributed by atoms with Gasteiger partial charge in [0.15, 0.2) is 17.2 Å². The van der Waals surface area contributed by atoms with Crippen LogP contribution in [0.15, 0.2) is 18.2 Å². The summed E-state index contributed by atoms with van der Waals surface area (Å²) in [4.78, 5) is 11.0. The molecule has 1 heterocycles. The van der Waals surface area contributed by atoms with Gasteiger partial charge < -0.3 is 15.3 Å². The van der Waals surface area contributed by atoms with Crippen LogP contribution in [0.3, 0.4) is 0 Å². The van der Waals surface area contributed by atoms with Gasteiger partial charge in [-0.1, -0.05) is 20.8 Å². The number of carboxylic acids is 1. The number of aromatic nitrogens is 2. The molecule has 0 aliphatic heterocycles. The van der Waals surface area contributed by atoms with E-state index in [1.54, 1.807) is 13.1 Å². The predicted molar refractivity (Wildman–Crippen MR) is 77.6 cm³/mol. The normalized spacial score (nSPS) is 11.6. The Bertz CT molecular complexity index is 711. The third-order valence-corrected chi connectivity index (χ3v) is 3.33. The van der Waals surface area contributed by atoms with E-state index >= 15 is 0 Å². The molecule has 0 fully saturated rings. The molecule has 0 atom stereocenters. The van der Waals surface area contributed by atoms with Gasteiger partial charge in [0, 0.05) is 12.6 Å². The molecule has 0 spiro atoms. The molecule has 2 aromatic rings. The van der Waals surface area contributed by atoms with Gasteiger partial charge in [0.25, 0.3) is 0 Å². The standard InChI is InChI=1S/C15H18N2O4/c1-15(2,3)8-5-9(13(19)12(18)6-8)11-7-10(14(20)21)16-17(11)4/h5-7,18-19H,1-4H3,(H,20,21). The summed E-state index contributed by atoms with van der Waals surface area (Å²) >= 11 is 0. The van der Waals surface area contributed by atoms with Gasteiger partial charge in [0.05, 0.1) is 5.69 Å². The maximum Gasteiger partial charge on any atom is 0.356 e. The molecule has 0 aliphatic carbocycles. The van der Waals surface area contributed by atoms with Crippen molar-refractivity contribution < 1.29 is 20.1 Å². The number of aromatic hydroxyl groups is 2. The van der Waals surface area contributed by atoms with E-state index in [4.69, 9.17) is 5.11 Å². The molecule has 21 heavy (non-hydrogen) atoms. The number of aromatic carboxylic acids is 1. The van der Waals surface area contributed by atoms with E-state index in [9.17, 15) is 15.0 Å². The molecular weight excluding hydrogens is 272 g/mol. The van der Waals surface area contributed by atoms with Crippen molar-refractivity contribution in [1.29, 1.82) is 0 Å². The molecule has 6 nitrogen and oxygen atoms in total. The molecule has 1 aromatic carbocycles. The van der Waals surface area contributed by atoms with Gasteiger partial charge in [0.2, 0.25) is 0 Å². The highest BCUT2D eigenvalue weighted by Crippen LogP contribution is 2.40. The second kappa shape index (κ2) is 4.80. The third kappa shape index (κ3) is 2.69. The molecule has 0 unspecified atom stereocenters. The number of benzene rings is 1. The number of rotatable bonds is 2. The SMILES string of the molecule is Cn1nc(C(=O)O)cc1-c1cc(C(C)(C)C)cc(O)c1O. The minimum Gasteiger partial charge on any atom is -0.504 e. The highest BCUT2D eigenvalue weighted by atomic mass is 16.4. The Labute approximate surface area is 122 Å². The minimum absolute atomic E-state index is 0.118. The number of hydrogen-bond donors (Lipinski definition) is 3. The summed E-state index contributed by atoms with van der Waals surface area (Å²) < 4.78 is 1.37. The Morgan fingerprint density at radius 3 is 2.29 bits per heavy atom. The number of nitrogens with zero attached hydrogens (tertiary/aromatic N) is 2. The Hall–Kier alpha value is -2.50. The molecule has 0 saturated heterocycles. The second-order valence-corrected chi connectivity index (χ2v) is 5.99. The predicted octanol–water partition coefficient (Wildman–Crippen LogP) is 2.49. The van der Waals surface area contributed by atoms with E-state index in [1.165, 1.54) is 16.8 Å². The van der Waals surface area contributed by atoms with E-state index in [2.05, 4.69) is 5.10 Å². The van der Waals surface area contributed by atoms with Crippen LogP contribution in [0.25, 0.3) is 11.3 Å². The molecule has 2 rings (SSSR count). The highest BCUT2D eigenvalue weighted by molar-refractivity contribution is 5.87. The first-order chi connectivity index (χ1) is 9.61. The quantitative estimate of drug-likeness (QED) is 0.738. The molecule has 0 bridgehead atoms. The first-order valence-electron chi connectivity index (χ1n) is 6.45. The van der Waals surface area contributed by atoms with Crippen LogP contribution in [0.4, 0.5) is 0 Å². The Kier molecular flexibility index (Phi) is 3.41. The summed E-state index contributed by atoms with van der Waals surface area (Å²) in [7, 11) is 1.59. The largest absolute Gasteiger partial charge is 0.504 e. The van der Waals surface area contributed by atoms with Crippen molar-refractivity contribution in [3.05, 3.63) is 29.5 Å². The second-order valence-electron chi connectivity index (χ2n) is 5.99. The van der Waals surface area contributed by atoms with Gasteiger partial charge in [-0.15, -0.1) is 0 Å². The van der Waals surface area contributed by atoms with E-state index in [-0.39, 0.29) is 22.6 Å². The van der Waals surface area contributed by atoms with E-state index in [1.807, 2.05) is 20.8 Å². The molecule has 0 aliphatic rings. The van der Waals surface area contributed by atoms with Crippen LogP contribution in [0.2, 0.25) is 0 Å². The summed E-state index contributed by atoms with van der Waals surface area (Å²) in [5.74, 6) is -1.68. The van der Waals surface area contributed by atoms with Crippen LogP contribution < -0.4 is 0 Å². The maximum atomic E-state index is 11.0. The van der Waals surface area contributed by atoms with Gasteiger partial charge in [-0.3, -0.25) is 4.68 Å². The molecule has 112 valence electrons. The van der Waals surface area contributed by atoms with Crippen LogP contribution in [-0.4, -0.2) is 31.1 Å². The Morgan fingerprint density at radius 1 is 1.19 bits per heavy atom. The molecule has 0 amide bonds. The lowest BCUT2D eigenvalue weighted by atomic mass is 9.85. The molecule has 0 radical (unpaired) electrons.